The molecule has 3 heteroatoms. The molecule has 3 nitrogen and oxygen atoms in total. The lowest BCUT2D eigenvalue weighted by atomic mass is 10.0. The first-order valence-corrected chi connectivity index (χ1v) is 6.06. The summed E-state index contributed by atoms with van der Waals surface area (Å²) >= 11 is 0. The molecule has 0 saturated carbocycles. The van der Waals surface area contributed by atoms with Gasteiger partial charge in [0.15, 0.2) is 0 Å². The molecule has 0 amide bonds. The molecule has 0 saturated heterocycles. The second-order valence-electron chi connectivity index (χ2n) is 3.52. The molecular formula is C12H28O3. The molecule has 0 aliphatic carbocycles. The predicted molar refractivity (Wildman–Crippen MR) is 64.0 cm³/mol. The summed E-state index contributed by atoms with van der Waals surface area (Å²) in [6.07, 6.45) is 4.83. The van der Waals surface area contributed by atoms with E-state index in [1.165, 1.54) is 19.3 Å². The van der Waals surface area contributed by atoms with Crippen molar-refractivity contribution in [3.8, 4) is 0 Å². The lowest BCUT2D eigenvalue weighted by Gasteiger charge is -2.08. The highest BCUT2D eigenvalue weighted by atomic mass is 16.5. The first kappa shape index (κ1) is 17.3. The van der Waals surface area contributed by atoms with E-state index in [0.29, 0.717) is 25.7 Å². The quantitative estimate of drug-likeness (QED) is 0.617. The topological polar surface area (TPSA) is 49.7 Å². The molecule has 1 atom stereocenters. The highest BCUT2D eigenvalue weighted by Crippen LogP contribution is 2.10. The van der Waals surface area contributed by atoms with E-state index in [4.69, 9.17) is 14.9 Å². The Balaban J connectivity index is 0. The minimum absolute atomic E-state index is 0.133. The molecule has 0 aliphatic heterocycles. The van der Waals surface area contributed by atoms with Crippen LogP contribution < -0.4 is 0 Å². The predicted octanol–water partition coefficient (Wildman–Crippen LogP) is 2.21. The Hall–Kier alpha value is -0.120. The van der Waals surface area contributed by atoms with Gasteiger partial charge in [0.1, 0.15) is 0 Å². The number of aliphatic hydroxyl groups excluding tert-OH is 2. The van der Waals surface area contributed by atoms with E-state index in [1.807, 2.05) is 6.92 Å². The van der Waals surface area contributed by atoms with Gasteiger partial charge in [-0.15, -0.1) is 0 Å². The maximum absolute atomic E-state index is 8.75. The zero-order valence-electron chi connectivity index (χ0n) is 10.5. The summed E-state index contributed by atoms with van der Waals surface area (Å²) in [6.45, 7) is 7.89. The molecule has 1 unspecified atom stereocenters. The molecule has 0 bridgehead atoms. The third kappa shape index (κ3) is 16.5. The normalized spacial score (nSPS) is 11.8. The van der Waals surface area contributed by atoms with Gasteiger partial charge in [-0.3, -0.25) is 0 Å². The van der Waals surface area contributed by atoms with Crippen LogP contribution >= 0.6 is 0 Å². The van der Waals surface area contributed by atoms with Crippen LogP contribution in [0.2, 0.25) is 0 Å². The van der Waals surface area contributed by atoms with E-state index in [0.717, 1.165) is 6.42 Å². The Kier molecular flexibility index (Phi) is 18.8. The molecule has 0 aromatic heterocycles. The molecule has 94 valence electrons. The zero-order valence-corrected chi connectivity index (χ0v) is 10.5. The van der Waals surface area contributed by atoms with Crippen LogP contribution in [-0.2, 0) is 4.74 Å². The van der Waals surface area contributed by atoms with Crippen molar-refractivity contribution in [2.45, 2.75) is 46.5 Å². The summed E-state index contributed by atoms with van der Waals surface area (Å²) in [6, 6.07) is 0. The van der Waals surface area contributed by atoms with Crippen molar-refractivity contribution in [2.75, 3.05) is 26.4 Å². The first-order valence-electron chi connectivity index (χ1n) is 6.06. The van der Waals surface area contributed by atoms with Crippen LogP contribution in [0.5, 0.6) is 0 Å². The third-order valence-corrected chi connectivity index (χ3v) is 2.24. The minimum atomic E-state index is 0.133. The Morgan fingerprint density at radius 3 is 2.07 bits per heavy atom. The maximum Gasteiger partial charge on any atom is 0.0697 e. The van der Waals surface area contributed by atoms with Gasteiger partial charge in [-0.2, -0.15) is 0 Å². The Bertz CT molecular complexity index is 88.9. The summed E-state index contributed by atoms with van der Waals surface area (Å²) in [5, 5.41) is 16.8. The first-order chi connectivity index (χ1) is 7.26. The molecule has 0 aromatic carbocycles. The molecule has 0 spiro atoms. The number of aliphatic hydroxyl groups is 2. The van der Waals surface area contributed by atoms with E-state index in [1.54, 1.807) is 0 Å². The second-order valence-corrected chi connectivity index (χ2v) is 3.52. The number of hydrogen-bond acceptors (Lipinski definition) is 3. The summed E-state index contributed by atoms with van der Waals surface area (Å²) in [5.74, 6) is 0.560. The van der Waals surface area contributed by atoms with Gasteiger partial charge in [-0.05, 0) is 19.3 Å². The van der Waals surface area contributed by atoms with Crippen LogP contribution in [0.1, 0.15) is 46.5 Å². The van der Waals surface area contributed by atoms with Gasteiger partial charge in [0.2, 0.25) is 0 Å². The summed E-state index contributed by atoms with van der Waals surface area (Å²) < 4.78 is 4.73. The molecule has 2 N–H and O–H groups in total. The van der Waals surface area contributed by atoms with Crippen LogP contribution in [0.3, 0.4) is 0 Å². The number of unbranched alkanes of at least 4 members (excludes halogenated alkanes) is 1. The fourth-order valence-corrected chi connectivity index (χ4v) is 1.13. The lowest BCUT2D eigenvalue weighted by Crippen LogP contribution is -2.03. The fraction of sp³-hybridized carbons (Fsp3) is 1.00. The molecular weight excluding hydrogens is 192 g/mol. The van der Waals surface area contributed by atoms with Gasteiger partial charge in [-0.25, -0.2) is 0 Å². The molecule has 0 aliphatic rings. The summed E-state index contributed by atoms with van der Waals surface area (Å²) in [7, 11) is 0. The smallest absolute Gasteiger partial charge is 0.0697 e. The van der Waals surface area contributed by atoms with E-state index in [2.05, 4.69) is 13.8 Å². The lowest BCUT2D eigenvalue weighted by molar-refractivity contribution is 0.102. The highest BCUT2D eigenvalue weighted by Gasteiger charge is 2.01. The van der Waals surface area contributed by atoms with E-state index >= 15 is 0 Å². The largest absolute Gasteiger partial charge is 0.396 e. The molecule has 15 heavy (non-hydrogen) atoms. The average Bonchev–Trinajstić information content (AvgIpc) is 2.29. The Morgan fingerprint density at radius 2 is 1.80 bits per heavy atom. The third-order valence-electron chi connectivity index (χ3n) is 2.24. The van der Waals surface area contributed by atoms with Gasteiger partial charge >= 0.3 is 0 Å². The van der Waals surface area contributed by atoms with Crippen molar-refractivity contribution >= 4 is 0 Å². The van der Waals surface area contributed by atoms with Gasteiger partial charge in [-0.1, -0.05) is 33.1 Å². The second kappa shape index (κ2) is 16.3. The minimum Gasteiger partial charge on any atom is -0.396 e. The average molecular weight is 220 g/mol. The summed E-state index contributed by atoms with van der Waals surface area (Å²) in [5.41, 5.74) is 0. The van der Waals surface area contributed by atoms with Crippen LogP contribution in [0.4, 0.5) is 0 Å². The van der Waals surface area contributed by atoms with E-state index in [-0.39, 0.29) is 6.61 Å². The maximum atomic E-state index is 8.75. The van der Waals surface area contributed by atoms with Gasteiger partial charge in [0.25, 0.3) is 0 Å². The van der Waals surface area contributed by atoms with Crippen molar-refractivity contribution < 1.29 is 14.9 Å². The standard InChI is InChI=1S/C8H18O.C4H10O2/c1-3-5-6-8(4-2)7-9;1-2-6-4-3-5/h8-9H,3-7H2,1-2H3;5H,2-4H2,1H3. The van der Waals surface area contributed by atoms with Crippen LogP contribution in [0.25, 0.3) is 0 Å². The van der Waals surface area contributed by atoms with Crippen molar-refractivity contribution in [2.24, 2.45) is 5.92 Å². The van der Waals surface area contributed by atoms with E-state index < -0.39 is 0 Å². The molecule has 0 radical (unpaired) electrons. The van der Waals surface area contributed by atoms with Crippen LogP contribution in [0, 0.1) is 5.92 Å². The number of rotatable bonds is 8. The molecule has 0 heterocycles. The van der Waals surface area contributed by atoms with Crippen molar-refractivity contribution in [3.05, 3.63) is 0 Å². The van der Waals surface area contributed by atoms with Gasteiger partial charge in [0.05, 0.1) is 13.2 Å². The summed E-state index contributed by atoms with van der Waals surface area (Å²) in [4.78, 5) is 0. The molecule has 0 rings (SSSR count). The van der Waals surface area contributed by atoms with Crippen molar-refractivity contribution in [3.63, 3.8) is 0 Å². The monoisotopic (exact) mass is 220 g/mol. The number of ether oxygens (including phenoxy) is 1. The fourth-order valence-electron chi connectivity index (χ4n) is 1.13. The molecule has 0 fully saturated rings. The van der Waals surface area contributed by atoms with Gasteiger partial charge in [0, 0.05) is 13.2 Å². The Morgan fingerprint density at radius 1 is 1.13 bits per heavy atom. The molecule has 0 aromatic rings. The van der Waals surface area contributed by atoms with Crippen LogP contribution in [0.15, 0.2) is 0 Å². The van der Waals surface area contributed by atoms with Crippen molar-refractivity contribution in [1.29, 1.82) is 0 Å². The SMILES string of the molecule is CCCCC(CC)CO.CCOCCO. The zero-order chi connectivity index (χ0) is 11.9. The van der Waals surface area contributed by atoms with Crippen molar-refractivity contribution in [1.82, 2.24) is 0 Å². The number of hydrogen-bond donors (Lipinski definition) is 2. The van der Waals surface area contributed by atoms with Crippen LogP contribution in [-0.4, -0.2) is 36.6 Å². The van der Waals surface area contributed by atoms with Gasteiger partial charge < -0.3 is 14.9 Å². The highest BCUT2D eigenvalue weighted by molar-refractivity contribution is 4.53. The van der Waals surface area contributed by atoms with E-state index in [9.17, 15) is 0 Å². The Labute approximate surface area is 94.5 Å².